The van der Waals surface area contributed by atoms with Gasteiger partial charge in [-0.2, -0.15) is 0 Å². The van der Waals surface area contributed by atoms with Gasteiger partial charge in [-0.05, 0) is 12.0 Å². The molecule has 0 aliphatic carbocycles. The molecule has 0 radical (unpaired) electrons. The predicted molar refractivity (Wildman–Crippen MR) is 66.7 cm³/mol. The highest BCUT2D eigenvalue weighted by Crippen LogP contribution is 2.19. The lowest BCUT2D eigenvalue weighted by atomic mass is 9.86. The maximum atomic E-state index is 11.8. The molecule has 0 spiro atoms. The Labute approximate surface area is 103 Å². The Morgan fingerprint density at radius 2 is 1.82 bits per heavy atom. The number of amides is 1. The second-order valence-corrected chi connectivity index (χ2v) is 5.35. The fourth-order valence-electron chi connectivity index (χ4n) is 1.39. The van der Waals surface area contributed by atoms with E-state index in [4.69, 9.17) is 5.11 Å². The van der Waals surface area contributed by atoms with Gasteiger partial charge in [0.1, 0.15) is 6.04 Å². The number of hydrogen-bond donors (Lipinski definition) is 3. The molecule has 0 aromatic heterocycles. The van der Waals surface area contributed by atoms with Gasteiger partial charge in [-0.25, -0.2) is 4.79 Å². The van der Waals surface area contributed by atoms with Gasteiger partial charge < -0.3 is 15.7 Å². The highest BCUT2D eigenvalue weighted by atomic mass is 16.4. The van der Waals surface area contributed by atoms with Crippen molar-refractivity contribution < 1.29 is 14.7 Å². The first-order valence-corrected chi connectivity index (χ1v) is 5.94. The SMILES string of the molecule is CCNCC(C)C(=O)NC(C(=O)O)C(C)(C)C. The van der Waals surface area contributed by atoms with Crippen LogP contribution in [0, 0.1) is 11.3 Å². The first-order valence-electron chi connectivity index (χ1n) is 5.94. The van der Waals surface area contributed by atoms with Crippen molar-refractivity contribution in [3.63, 3.8) is 0 Å². The monoisotopic (exact) mass is 244 g/mol. The summed E-state index contributed by atoms with van der Waals surface area (Å²) in [7, 11) is 0. The van der Waals surface area contributed by atoms with Gasteiger partial charge in [-0.3, -0.25) is 4.79 Å². The molecule has 17 heavy (non-hydrogen) atoms. The summed E-state index contributed by atoms with van der Waals surface area (Å²) in [5.41, 5.74) is -0.501. The number of carbonyl (C=O) groups excluding carboxylic acids is 1. The summed E-state index contributed by atoms with van der Waals surface area (Å²) < 4.78 is 0. The molecule has 2 unspecified atom stereocenters. The van der Waals surface area contributed by atoms with Crippen molar-refractivity contribution in [2.45, 2.75) is 40.7 Å². The Bertz CT molecular complexity index is 271. The molecule has 0 aromatic carbocycles. The van der Waals surface area contributed by atoms with Crippen LogP contribution < -0.4 is 10.6 Å². The van der Waals surface area contributed by atoms with E-state index < -0.39 is 17.4 Å². The average molecular weight is 244 g/mol. The Balaban J connectivity index is 4.47. The van der Waals surface area contributed by atoms with Crippen molar-refractivity contribution in [3.8, 4) is 0 Å². The topological polar surface area (TPSA) is 78.4 Å². The summed E-state index contributed by atoms with van der Waals surface area (Å²) in [4.78, 5) is 22.9. The minimum atomic E-state index is -0.999. The molecule has 5 nitrogen and oxygen atoms in total. The Hall–Kier alpha value is -1.10. The van der Waals surface area contributed by atoms with Crippen molar-refractivity contribution in [1.29, 1.82) is 0 Å². The van der Waals surface area contributed by atoms with Gasteiger partial charge in [0.2, 0.25) is 5.91 Å². The van der Waals surface area contributed by atoms with Crippen molar-refractivity contribution in [2.24, 2.45) is 11.3 Å². The number of carbonyl (C=O) groups is 2. The highest BCUT2D eigenvalue weighted by molar-refractivity contribution is 5.85. The summed E-state index contributed by atoms with van der Waals surface area (Å²) in [6, 6.07) is -0.862. The molecule has 0 aliphatic rings. The van der Waals surface area contributed by atoms with E-state index >= 15 is 0 Å². The van der Waals surface area contributed by atoms with Gasteiger partial charge in [-0.15, -0.1) is 0 Å². The van der Waals surface area contributed by atoms with Gasteiger partial charge in [-0.1, -0.05) is 34.6 Å². The molecular weight excluding hydrogens is 220 g/mol. The lowest BCUT2D eigenvalue weighted by Gasteiger charge is -2.28. The molecular formula is C12H24N2O3. The van der Waals surface area contributed by atoms with E-state index in [9.17, 15) is 9.59 Å². The molecule has 0 rings (SSSR count). The summed E-state index contributed by atoms with van der Waals surface area (Å²) in [6.45, 7) is 10.5. The maximum Gasteiger partial charge on any atom is 0.326 e. The second kappa shape index (κ2) is 6.59. The maximum absolute atomic E-state index is 11.8. The van der Waals surface area contributed by atoms with Crippen LogP contribution in [0.2, 0.25) is 0 Å². The van der Waals surface area contributed by atoms with Crippen LogP contribution in [-0.4, -0.2) is 36.1 Å². The molecule has 0 aliphatic heterocycles. The standard InChI is InChI=1S/C12H24N2O3/c1-6-13-7-8(2)10(15)14-9(11(16)17)12(3,4)5/h8-9,13H,6-7H2,1-5H3,(H,14,15)(H,16,17). The normalized spacial score (nSPS) is 15.1. The van der Waals surface area contributed by atoms with Crippen LogP contribution >= 0.6 is 0 Å². The largest absolute Gasteiger partial charge is 0.480 e. The van der Waals surface area contributed by atoms with E-state index in [1.54, 1.807) is 27.7 Å². The molecule has 3 N–H and O–H groups in total. The zero-order valence-corrected chi connectivity index (χ0v) is 11.3. The molecule has 0 aromatic rings. The number of nitrogens with one attached hydrogen (secondary N) is 2. The quantitative estimate of drug-likeness (QED) is 0.647. The summed E-state index contributed by atoms with van der Waals surface area (Å²) in [5, 5.41) is 14.7. The lowest BCUT2D eigenvalue weighted by Crippen LogP contribution is -2.51. The summed E-state index contributed by atoms with van der Waals surface area (Å²) >= 11 is 0. The highest BCUT2D eigenvalue weighted by Gasteiger charge is 2.33. The minimum Gasteiger partial charge on any atom is -0.480 e. The van der Waals surface area contributed by atoms with Crippen LogP contribution in [-0.2, 0) is 9.59 Å². The molecule has 1 amide bonds. The zero-order chi connectivity index (χ0) is 13.6. The molecule has 0 saturated carbocycles. The smallest absolute Gasteiger partial charge is 0.326 e. The Morgan fingerprint density at radius 3 is 2.18 bits per heavy atom. The third kappa shape index (κ3) is 5.68. The number of carboxylic acids is 1. The molecule has 100 valence electrons. The lowest BCUT2D eigenvalue weighted by molar-refractivity contribution is -0.145. The van der Waals surface area contributed by atoms with Crippen LogP contribution in [0.5, 0.6) is 0 Å². The van der Waals surface area contributed by atoms with Crippen LogP contribution in [0.15, 0.2) is 0 Å². The number of carboxylic acid groups (broad SMARTS) is 1. The van der Waals surface area contributed by atoms with E-state index in [1.807, 2.05) is 6.92 Å². The fraction of sp³-hybridized carbons (Fsp3) is 0.833. The van der Waals surface area contributed by atoms with Crippen molar-refractivity contribution >= 4 is 11.9 Å². The summed E-state index contributed by atoms with van der Waals surface area (Å²) in [5.74, 6) is -1.46. The molecule has 0 saturated heterocycles. The molecule has 2 atom stereocenters. The minimum absolute atomic E-state index is 0.228. The van der Waals surface area contributed by atoms with E-state index in [2.05, 4.69) is 10.6 Å². The van der Waals surface area contributed by atoms with Gasteiger partial charge >= 0.3 is 5.97 Å². The average Bonchev–Trinajstić information content (AvgIpc) is 2.19. The van der Waals surface area contributed by atoms with Crippen LogP contribution in [0.4, 0.5) is 0 Å². The van der Waals surface area contributed by atoms with Crippen LogP contribution in [0.3, 0.4) is 0 Å². The Kier molecular flexibility index (Phi) is 6.16. The van der Waals surface area contributed by atoms with Crippen molar-refractivity contribution in [2.75, 3.05) is 13.1 Å². The first kappa shape index (κ1) is 15.9. The second-order valence-electron chi connectivity index (χ2n) is 5.35. The predicted octanol–water partition coefficient (Wildman–Crippen LogP) is 0.847. The Morgan fingerprint density at radius 1 is 1.29 bits per heavy atom. The molecule has 0 fully saturated rings. The van der Waals surface area contributed by atoms with E-state index in [0.717, 1.165) is 6.54 Å². The van der Waals surface area contributed by atoms with Crippen LogP contribution in [0.25, 0.3) is 0 Å². The van der Waals surface area contributed by atoms with Crippen molar-refractivity contribution in [3.05, 3.63) is 0 Å². The van der Waals surface area contributed by atoms with E-state index in [-0.39, 0.29) is 11.8 Å². The van der Waals surface area contributed by atoms with Gasteiger partial charge in [0, 0.05) is 12.5 Å². The molecule has 0 heterocycles. The van der Waals surface area contributed by atoms with E-state index in [0.29, 0.717) is 6.54 Å². The van der Waals surface area contributed by atoms with Gasteiger partial charge in [0.15, 0.2) is 0 Å². The third-order valence-electron chi connectivity index (χ3n) is 2.55. The van der Waals surface area contributed by atoms with Crippen molar-refractivity contribution in [1.82, 2.24) is 10.6 Å². The van der Waals surface area contributed by atoms with Crippen LogP contribution in [0.1, 0.15) is 34.6 Å². The van der Waals surface area contributed by atoms with Gasteiger partial charge in [0.25, 0.3) is 0 Å². The molecule has 0 bridgehead atoms. The third-order valence-corrected chi connectivity index (χ3v) is 2.55. The van der Waals surface area contributed by atoms with E-state index in [1.165, 1.54) is 0 Å². The number of hydrogen-bond acceptors (Lipinski definition) is 3. The first-order chi connectivity index (χ1) is 7.70. The number of aliphatic carboxylic acids is 1. The zero-order valence-electron chi connectivity index (χ0n) is 11.3. The van der Waals surface area contributed by atoms with Gasteiger partial charge in [0.05, 0.1) is 0 Å². The molecule has 5 heteroatoms. The summed E-state index contributed by atoms with van der Waals surface area (Å²) in [6.07, 6.45) is 0. The fourth-order valence-corrected chi connectivity index (χ4v) is 1.39. The number of rotatable bonds is 6.